The topological polar surface area (TPSA) is 66.4 Å². The second-order valence-electron chi connectivity index (χ2n) is 4.23. The second-order valence-corrected chi connectivity index (χ2v) is 6.74. The van der Waals surface area contributed by atoms with Crippen molar-refractivity contribution in [2.75, 3.05) is 6.61 Å². The Bertz CT molecular complexity index is 741. The Balaban J connectivity index is 2.21. The van der Waals surface area contributed by atoms with Crippen molar-refractivity contribution in [2.24, 2.45) is 0 Å². The summed E-state index contributed by atoms with van der Waals surface area (Å²) < 4.78 is 27.3. The Morgan fingerprint density at radius 3 is 2.76 bits per heavy atom. The van der Waals surface area contributed by atoms with Gasteiger partial charge in [-0.3, -0.25) is 0 Å². The molecule has 0 saturated carbocycles. The minimum absolute atomic E-state index is 0.0433. The zero-order valence-electron chi connectivity index (χ0n) is 11.2. The van der Waals surface area contributed by atoms with Crippen molar-refractivity contribution in [3.8, 4) is 11.8 Å². The highest BCUT2D eigenvalue weighted by atomic mass is 32.2. The van der Waals surface area contributed by atoms with Crippen LogP contribution in [0.1, 0.15) is 17.5 Å². The molecule has 0 fully saturated rings. The van der Waals surface area contributed by atoms with E-state index in [4.69, 9.17) is 5.11 Å². The van der Waals surface area contributed by atoms with Gasteiger partial charge in [-0.2, -0.15) is 11.3 Å². The van der Waals surface area contributed by atoms with Crippen LogP contribution in [0.4, 0.5) is 0 Å². The van der Waals surface area contributed by atoms with Crippen molar-refractivity contribution >= 4 is 21.4 Å². The molecule has 2 rings (SSSR count). The van der Waals surface area contributed by atoms with Gasteiger partial charge in [-0.15, -0.1) is 0 Å². The third kappa shape index (κ3) is 4.41. The number of nitrogens with one attached hydrogen (secondary N) is 1. The van der Waals surface area contributed by atoms with Gasteiger partial charge in [-0.1, -0.05) is 24.0 Å². The lowest BCUT2D eigenvalue weighted by atomic mass is 10.2. The van der Waals surface area contributed by atoms with Crippen LogP contribution in [0.2, 0.25) is 0 Å². The Hall–Kier alpha value is -1.65. The zero-order chi connectivity index (χ0) is 15.1. The van der Waals surface area contributed by atoms with E-state index in [1.807, 2.05) is 16.8 Å². The largest absolute Gasteiger partial charge is 0.395 e. The predicted octanol–water partition coefficient (Wildman–Crippen LogP) is 1.96. The monoisotopic (exact) mass is 321 g/mol. The summed E-state index contributed by atoms with van der Waals surface area (Å²) in [6.07, 6.45) is 0.316. The minimum atomic E-state index is -3.61. The normalized spacial score (nSPS) is 10.9. The van der Waals surface area contributed by atoms with Crippen LogP contribution in [0.25, 0.3) is 0 Å². The second kappa shape index (κ2) is 7.38. The maximum absolute atomic E-state index is 12.4. The molecule has 4 nitrogen and oxygen atoms in total. The van der Waals surface area contributed by atoms with Crippen LogP contribution < -0.4 is 4.72 Å². The molecular formula is C15H15NO3S2. The summed E-state index contributed by atoms with van der Waals surface area (Å²) in [5, 5.41) is 12.5. The fraction of sp³-hybridized carbons (Fsp3) is 0.200. The highest BCUT2D eigenvalue weighted by molar-refractivity contribution is 7.89. The maximum Gasteiger partial charge on any atom is 0.242 e. The van der Waals surface area contributed by atoms with Gasteiger partial charge in [0.25, 0.3) is 0 Å². The molecule has 1 heterocycles. The summed E-state index contributed by atoms with van der Waals surface area (Å²) in [6, 6.07) is 8.46. The molecule has 0 saturated heterocycles. The van der Waals surface area contributed by atoms with Crippen LogP contribution in [0, 0.1) is 11.8 Å². The third-order valence-corrected chi connectivity index (χ3v) is 4.87. The van der Waals surface area contributed by atoms with Gasteiger partial charge in [-0.05, 0) is 34.5 Å². The average Bonchev–Trinajstić information content (AvgIpc) is 2.99. The highest BCUT2D eigenvalue weighted by Gasteiger charge is 2.16. The van der Waals surface area contributed by atoms with Gasteiger partial charge in [0.2, 0.25) is 10.0 Å². The fourth-order valence-corrected chi connectivity index (χ4v) is 3.51. The number of hydrogen-bond acceptors (Lipinski definition) is 4. The van der Waals surface area contributed by atoms with Crippen molar-refractivity contribution in [2.45, 2.75) is 17.9 Å². The van der Waals surface area contributed by atoms with E-state index in [2.05, 4.69) is 16.6 Å². The van der Waals surface area contributed by atoms with E-state index in [-0.39, 0.29) is 18.0 Å². The molecule has 0 amide bonds. The molecule has 2 N–H and O–H groups in total. The van der Waals surface area contributed by atoms with Gasteiger partial charge in [0.1, 0.15) is 0 Å². The maximum atomic E-state index is 12.4. The Morgan fingerprint density at radius 1 is 1.24 bits per heavy atom. The molecule has 0 aliphatic carbocycles. The molecule has 21 heavy (non-hydrogen) atoms. The number of sulfonamides is 1. The van der Waals surface area contributed by atoms with Crippen molar-refractivity contribution in [1.82, 2.24) is 4.72 Å². The lowest BCUT2D eigenvalue weighted by molar-refractivity contribution is 0.305. The smallest absolute Gasteiger partial charge is 0.242 e. The number of aliphatic hydroxyl groups is 1. The van der Waals surface area contributed by atoms with E-state index >= 15 is 0 Å². The summed E-state index contributed by atoms with van der Waals surface area (Å²) >= 11 is 1.52. The summed E-state index contributed by atoms with van der Waals surface area (Å²) in [4.78, 5) is 0.158. The Morgan fingerprint density at radius 2 is 2.05 bits per heavy atom. The van der Waals surface area contributed by atoms with Crippen molar-refractivity contribution in [3.63, 3.8) is 0 Å². The van der Waals surface area contributed by atoms with Gasteiger partial charge >= 0.3 is 0 Å². The predicted molar refractivity (Wildman–Crippen MR) is 83.4 cm³/mol. The summed E-state index contributed by atoms with van der Waals surface area (Å²) in [5.41, 5.74) is 1.36. The molecule has 0 spiro atoms. The number of benzene rings is 1. The molecule has 1 aromatic heterocycles. The van der Waals surface area contributed by atoms with Gasteiger partial charge < -0.3 is 5.11 Å². The lowest BCUT2D eigenvalue weighted by Crippen LogP contribution is -2.23. The molecule has 110 valence electrons. The molecule has 0 atom stereocenters. The molecule has 0 aliphatic rings. The Labute approximate surface area is 128 Å². The molecule has 0 radical (unpaired) electrons. The van der Waals surface area contributed by atoms with Crippen LogP contribution in [-0.4, -0.2) is 20.1 Å². The van der Waals surface area contributed by atoms with E-state index in [9.17, 15) is 8.42 Å². The van der Waals surface area contributed by atoms with Crippen molar-refractivity contribution in [1.29, 1.82) is 0 Å². The molecular weight excluding hydrogens is 306 g/mol. The summed E-state index contributed by atoms with van der Waals surface area (Å²) in [6.45, 7) is 0.211. The van der Waals surface area contributed by atoms with Gasteiger partial charge in [0.05, 0.1) is 11.5 Å². The summed E-state index contributed by atoms with van der Waals surface area (Å²) in [7, 11) is -3.61. The first-order valence-electron chi connectivity index (χ1n) is 6.33. The minimum Gasteiger partial charge on any atom is -0.395 e. The lowest BCUT2D eigenvalue weighted by Gasteiger charge is -2.07. The van der Waals surface area contributed by atoms with Crippen LogP contribution >= 0.6 is 11.3 Å². The molecule has 6 heteroatoms. The Kier molecular flexibility index (Phi) is 5.53. The van der Waals surface area contributed by atoms with Crippen molar-refractivity contribution in [3.05, 3.63) is 52.2 Å². The number of thiophene rings is 1. The number of rotatable bonds is 5. The summed E-state index contributed by atoms with van der Waals surface area (Å²) in [5.74, 6) is 5.53. The quantitative estimate of drug-likeness (QED) is 0.827. The first kappa shape index (κ1) is 15.7. The SMILES string of the molecule is O=S(=O)(NCc1ccsc1)c1ccccc1C#CCCO. The first-order chi connectivity index (χ1) is 10.1. The molecule has 1 aromatic carbocycles. The van der Waals surface area contributed by atoms with Crippen LogP contribution in [0.3, 0.4) is 0 Å². The highest BCUT2D eigenvalue weighted by Crippen LogP contribution is 2.15. The van der Waals surface area contributed by atoms with Crippen molar-refractivity contribution < 1.29 is 13.5 Å². The fourth-order valence-electron chi connectivity index (χ4n) is 1.67. The van der Waals surface area contributed by atoms with E-state index in [0.29, 0.717) is 12.0 Å². The van der Waals surface area contributed by atoms with E-state index in [0.717, 1.165) is 5.56 Å². The van der Waals surface area contributed by atoms with Gasteiger partial charge in [0, 0.05) is 18.5 Å². The zero-order valence-corrected chi connectivity index (χ0v) is 12.9. The van der Waals surface area contributed by atoms with E-state index in [1.54, 1.807) is 18.2 Å². The van der Waals surface area contributed by atoms with Gasteiger partial charge in [0.15, 0.2) is 0 Å². The van der Waals surface area contributed by atoms with E-state index in [1.165, 1.54) is 17.4 Å². The average molecular weight is 321 g/mol. The van der Waals surface area contributed by atoms with Gasteiger partial charge in [-0.25, -0.2) is 13.1 Å². The van der Waals surface area contributed by atoms with Crippen LogP contribution in [0.5, 0.6) is 0 Å². The molecule has 0 aliphatic heterocycles. The molecule has 2 aromatic rings. The van der Waals surface area contributed by atoms with Crippen LogP contribution in [-0.2, 0) is 16.6 Å². The number of aliphatic hydroxyl groups excluding tert-OH is 1. The standard InChI is InChI=1S/C15H15NO3S2/c17-9-4-3-6-14-5-1-2-7-15(14)21(18,19)16-11-13-8-10-20-12-13/h1-2,5,7-8,10,12,16-17H,4,9,11H2. The van der Waals surface area contributed by atoms with Crippen LogP contribution in [0.15, 0.2) is 46.0 Å². The first-order valence-corrected chi connectivity index (χ1v) is 8.75. The van der Waals surface area contributed by atoms with E-state index < -0.39 is 10.0 Å². The molecule has 0 unspecified atom stereocenters. The third-order valence-electron chi connectivity index (χ3n) is 2.68. The molecule has 0 bridgehead atoms. The number of hydrogen-bond donors (Lipinski definition) is 2.